The maximum Gasteiger partial charge on any atom is 0.244 e. The monoisotopic (exact) mass is 243 g/mol. The van der Waals surface area contributed by atoms with Crippen molar-refractivity contribution >= 4 is 34.1 Å². The van der Waals surface area contributed by atoms with Gasteiger partial charge in [-0.15, -0.1) is 11.3 Å². The average Bonchev–Trinajstić information content (AvgIpc) is 2.65. The minimum absolute atomic E-state index is 0.0246. The van der Waals surface area contributed by atoms with Crippen LogP contribution >= 0.6 is 23.1 Å². The van der Waals surface area contributed by atoms with E-state index in [0.717, 1.165) is 23.7 Å². The minimum atomic E-state index is -0.0760. The zero-order chi connectivity index (χ0) is 10.7. The molecule has 82 valence electrons. The van der Waals surface area contributed by atoms with Crippen molar-refractivity contribution in [3.8, 4) is 0 Å². The highest BCUT2D eigenvalue weighted by atomic mass is 32.2. The van der Waals surface area contributed by atoms with Gasteiger partial charge in [-0.05, 0) is 6.92 Å². The number of nitrogens with one attached hydrogen (secondary N) is 2. The predicted octanol–water partition coefficient (Wildman–Crippen LogP) is 1.10. The van der Waals surface area contributed by atoms with Crippen molar-refractivity contribution in [3.05, 3.63) is 11.1 Å². The van der Waals surface area contributed by atoms with Gasteiger partial charge < -0.3 is 10.6 Å². The Labute approximate surface area is 96.9 Å². The molecule has 0 saturated carbocycles. The van der Waals surface area contributed by atoms with Gasteiger partial charge in [0.1, 0.15) is 0 Å². The molecule has 0 aromatic carbocycles. The SMILES string of the molecule is Cc1csc(NC(=O)C2CSCCN2)n1. The summed E-state index contributed by atoms with van der Waals surface area (Å²) in [7, 11) is 0. The minimum Gasteiger partial charge on any atom is -0.304 e. The Kier molecular flexibility index (Phi) is 3.61. The smallest absolute Gasteiger partial charge is 0.244 e. The summed E-state index contributed by atoms with van der Waals surface area (Å²) in [5, 5.41) is 8.63. The molecule has 6 heteroatoms. The van der Waals surface area contributed by atoms with Crippen LogP contribution in [0.5, 0.6) is 0 Å². The van der Waals surface area contributed by atoms with Gasteiger partial charge in [-0.1, -0.05) is 0 Å². The summed E-state index contributed by atoms with van der Waals surface area (Å²) in [6.45, 7) is 2.82. The van der Waals surface area contributed by atoms with E-state index in [4.69, 9.17) is 0 Å². The van der Waals surface area contributed by atoms with Crippen LogP contribution in [0.1, 0.15) is 5.69 Å². The Balaban J connectivity index is 1.91. The molecule has 1 atom stereocenters. The number of thiazole rings is 1. The molecule has 1 saturated heterocycles. The van der Waals surface area contributed by atoms with Crippen LogP contribution in [-0.4, -0.2) is 35.0 Å². The van der Waals surface area contributed by atoms with Crippen LogP contribution in [0.15, 0.2) is 5.38 Å². The van der Waals surface area contributed by atoms with Crippen molar-refractivity contribution in [3.63, 3.8) is 0 Å². The van der Waals surface area contributed by atoms with E-state index in [9.17, 15) is 4.79 Å². The van der Waals surface area contributed by atoms with Crippen molar-refractivity contribution in [1.82, 2.24) is 10.3 Å². The molecule has 1 aliphatic heterocycles. The molecule has 2 rings (SSSR count). The fourth-order valence-electron chi connectivity index (χ4n) is 1.34. The Morgan fingerprint density at radius 3 is 3.20 bits per heavy atom. The number of nitrogens with zero attached hydrogens (tertiary/aromatic N) is 1. The van der Waals surface area contributed by atoms with E-state index in [1.807, 2.05) is 12.3 Å². The maximum atomic E-state index is 11.8. The molecule has 1 amide bonds. The molecule has 0 bridgehead atoms. The second-order valence-corrected chi connectivity index (χ2v) is 5.37. The van der Waals surface area contributed by atoms with E-state index in [2.05, 4.69) is 15.6 Å². The lowest BCUT2D eigenvalue weighted by Crippen LogP contribution is -2.46. The molecule has 2 heterocycles. The summed E-state index contributed by atoms with van der Waals surface area (Å²) in [4.78, 5) is 16.0. The van der Waals surface area contributed by atoms with E-state index in [0.29, 0.717) is 5.13 Å². The zero-order valence-corrected chi connectivity index (χ0v) is 10.1. The van der Waals surface area contributed by atoms with Crippen molar-refractivity contribution in [2.45, 2.75) is 13.0 Å². The van der Waals surface area contributed by atoms with Gasteiger partial charge in [0.2, 0.25) is 5.91 Å². The van der Waals surface area contributed by atoms with Crippen molar-refractivity contribution in [1.29, 1.82) is 0 Å². The molecule has 1 aromatic rings. The van der Waals surface area contributed by atoms with Gasteiger partial charge in [0, 0.05) is 23.4 Å². The van der Waals surface area contributed by atoms with Crippen molar-refractivity contribution < 1.29 is 4.79 Å². The molecular weight excluding hydrogens is 230 g/mol. The number of carbonyl (C=O) groups excluding carboxylic acids is 1. The number of hydrogen-bond acceptors (Lipinski definition) is 5. The Hall–Kier alpha value is -0.590. The van der Waals surface area contributed by atoms with Gasteiger partial charge in [0.05, 0.1) is 11.7 Å². The van der Waals surface area contributed by atoms with Crippen LogP contribution in [0.25, 0.3) is 0 Å². The number of anilines is 1. The van der Waals surface area contributed by atoms with E-state index < -0.39 is 0 Å². The molecule has 0 spiro atoms. The van der Waals surface area contributed by atoms with Gasteiger partial charge in [-0.3, -0.25) is 4.79 Å². The summed E-state index contributed by atoms with van der Waals surface area (Å²) in [5.41, 5.74) is 0.946. The lowest BCUT2D eigenvalue weighted by molar-refractivity contribution is -0.117. The molecule has 0 aliphatic carbocycles. The molecule has 0 radical (unpaired) electrons. The number of aromatic nitrogens is 1. The van der Waals surface area contributed by atoms with E-state index in [1.54, 1.807) is 11.8 Å². The molecule has 1 aromatic heterocycles. The van der Waals surface area contributed by atoms with Gasteiger partial charge in [-0.25, -0.2) is 4.98 Å². The highest BCUT2D eigenvalue weighted by Crippen LogP contribution is 2.15. The maximum absolute atomic E-state index is 11.8. The predicted molar refractivity (Wildman–Crippen MR) is 64.6 cm³/mol. The zero-order valence-electron chi connectivity index (χ0n) is 8.45. The summed E-state index contributed by atoms with van der Waals surface area (Å²) < 4.78 is 0. The summed E-state index contributed by atoms with van der Waals surface area (Å²) in [6.07, 6.45) is 0. The molecule has 1 aliphatic rings. The number of thioether (sulfide) groups is 1. The Morgan fingerprint density at radius 1 is 1.73 bits per heavy atom. The third-order valence-corrected chi connectivity index (χ3v) is 4.02. The number of carbonyl (C=O) groups is 1. The third-order valence-electron chi connectivity index (χ3n) is 2.09. The lowest BCUT2D eigenvalue weighted by Gasteiger charge is -2.21. The second kappa shape index (κ2) is 4.96. The molecule has 4 nitrogen and oxygen atoms in total. The van der Waals surface area contributed by atoms with Crippen LogP contribution in [0.3, 0.4) is 0 Å². The fourth-order valence-corrected chi connectivity index (χ4v) is 2.96. The molecule has 1 unspecified atom stereocenters. The van der Waals surface area contributed by atoms with Crippen LogP contribution < -0.4 is 10.6 Å². The largest absolute Gasteiger partial charge is 0.304 e. The Bertz CT molecular complexity index is 347. The van der Waals surface area contributed by atoms with Gasteiger partial charge in [0.15, 0.2) is 5.13 Å². The van der Waals surface area contributed by atoms with Crippen LogP contribution in [0.2, 0.25) is 0 Å². The van der Waals surface area contributed by atoms with E-state index in [-0.39, 0.29) is 11.9 Å². The topological polar surface area (TPSA) is 54.0 Å². The van der Waals surface area contributed by atoms with E-state index >= 15 is 0 Å². The van der Waals surface area contributed by atoms with Gasteiger partial charge >= 0.3 is 0 Å². The standard InChI is InChI=1S/C9H13N3OS2/c1-6-4-15-9(11-6)12-8(13)7-5-14-3-2-10-7/h4,7,10H,2-3,5H2,1H3,(H,11,12,13). The lowest BCUT2D eigenvalue weighted by atomic mass is 10.3. The number of aryl methyl sites for hydroxylation is 1. The molecular formula is C9H13N3OS2. The summed E-state index contributed by atoms with van der Waals surface area (Å²) >= 11 is 3.27. The first-order valence-electron chi connectivity index (χ1n) is 4.80. The highest BCUT2D eigenvalue weighted by Gasteiger charge is 2.21. The van der Waals surface area contributed by atoms with E-state index in [1.165, 1.54) is 11.3 Å². The number of hydrogen-bond donors (Lipinski definition) is 2. The van der Waals surface area contributed by atoms with Gasteiger partial charge in [-0.2, -0.15) is 11.8 Å². The third kappa shape index (κ3) is 2.93. The van der Waals surface area contributed by atoms with Crippen LogP contribution in [0, 0.1) is 6.92 Å². The Morgan fingerprint density at radius 2 is 2.60 bits per heavy atom. The fraction of sp³-hybridized carbons (Fsp3) is 0.556. The van der Waals surface area contributed by atoms with Crippen LogP contribution in [0.4, 0.5) is 5.13 Å². The summed E-state index contributed by atoms with van der Waals surface area (Å²) in [5.74, 6) is 1.95. The highest BCUT2D eigenvalue weighted by molar-refractivity contribution is 7.99. The first-order chi connectivity index (χ1) is 7.25. The molecule has 1 fully saturated rings. The second-order valence-electron chi connectivity index (χ2n) is 3.36. The van der Waals surface area contributed by atoms with Crippen molar-refractivity contribution in [2.75, 3.05) is 23.4 Å². The number of amides is 1. The first kappa shape index (κ1) is 10.9. The molecule has 15 heavy (non-hydrogen) atoms. The van der Waals surface area contributed by atoms with Gasteiger partial charge in [0.25, 0.3) is 0 Å². The summed E-state index contributed by atoms with van der Waals surface area (Å²) in [6, 6.07) is -0.0760. The normalized spacial score (nSPS) is 21.3. The molecule has 2 N–H and O–H groups in total. The van der Waals surface area contributed by atoms with Crippen LogP contribution in [-0.2, 0) is 4.79 Å². The first-order valence-corrected chi connectivity index (χ1v) is 6.83. The quantitative estimate of drug-likeness (QED) is 0.816. The number of rotatable bonds is 2. The average molecular weight is 243 g/mol. The van der Waals surface area contributed by atoms with Crippen molar-refractivity contribution in [2.24, 2.45) is 0 Å².